The van der Waals surface area contributed by atoms with Crippen molar-refractivity contribution in [1.29, 1.82) is 5.41 Å². The summed E-state index contributed by atoms with van der Waals surface area (Å²) in [6, 6.07) is 0. The van der Waals surface area contributed by atoms with Crippen molar-refractivity contribution in [3.05, 3.63) is 0 Å². The van der Waals surface area contributed by atoms with Crippen molar-refractivity contribution in [3.8, 4) is 0 Å². The molecule has 0 aromatic rings. The lowest BCUT2D eigenvalue weighted by molar-refractivity contribution is 0.459. The van der Waals surface area contributed by atoms with Gasteiger partial charge in [0.2, 0.25) is 0 Å². The molecular formula is C8H18N2. The molecule has 0 aromatic heterocycles. The van der Waals surface area contributed by atoms with Gasteiger partial charge in [-0.05, 0) is 26.3 Å². The van der Waals surface area contributed by atoms with Crippen LogP contribution in [-0.4, -0.2) is 18.3 Å². The Bertz CT molecular complexity index is 101. The van der Waals surface area contributed by atoms with Crippen LogP contribution in [0, 0.1) is 5.41 Å². The third-order valence-corrected chi connectivity index (χ3v) is 1.83. The Morgan fingerprint density at radius 1 is 1.50 bits per heavy atom. The van der Waals surface area contributed by atoms with Gasteiger partial charge in [0.25, 0.3) is 0 Å². The molecule has 0 radical (unpaired) electrons. The quantitative estimate of drug-likeness (QED) is 0.564. The molecule has 2 heteroatoms. The molecule has 2 nitrogen and oxygen atoms in total. The van der Waals surface area contributed by atoms with Crippen LogP contribution in [-0.2, 0) is 0 Å². The molecule has 0 fully saturated rings. The largest absolute Gasteiger partial charge is 0.311 e. The van der Waals surface area contributed by atoms with Crippen molar-refractivity contribution in [2.45, 2.75) is 39.2 Å². The first-order chi connectivity index (χ1) is 4.68. The maximum Gasteiger partial charge on any atom is 0.0500 e. The van der Waals surface area contributed by atoms with Gasteiger partial charge in [-0.1, -0.05) is 13.8 Å². The van der Waals surface area contributed by atoms with Crippen molar-refractivity contribution < 1.29 is 0 Å². The number of hydrogen-bond donors (Lipinski definition) is 2. The molecule has 60 valence electrons. The van der Waals surface area contributed by atoms with E-state index in [2.05, 4.69) is 26.1 Å². The Morgan fingerprint density at radius 3 is 2.40 bits per heavy atom. The number of hydrogen-bond acceptors (Lipinski definition) is 2. The van der Waals surface area contributed by atoms with Gasteiger partial charge in [0.15, 0.2) is 0 Å². The first-order valence-electron chi connectivity index (χ1n) is 3.95. The number of rotatable bonds is 5. The van der Waals surface area contributed by atoms with Gasteiger partial charge in [-0.15, -0.1) is 0 Å². The van der Waals surface area contributed by atoms with Gasteiger partial charge in [-0.2, -0.15) is 0 Å². The molecule has 0 bridgehead atoms. The maximum absolute atomic E-state index is 7.15. The van der Waals surface area contributed by atoms with Crippen molar-refractivity contribution in [2.75, 3.05) is 6.54 Å². The van der Waals surface area contributed by atoms with Crippen LogP contribution >= 0.6 is 0 Å². The van der Waals surface area contributed by atoms with Gasteiger partial charge in [-0.25, -0.2) is 0 Å². The maximum atomic E-state index is 7.15. The van der Waals surface area contributed by atoms with E-state index in [1.807, 2.05) is 0 Å². The van der Waals surface area contributed by atoms with Crippen molar-refractivity contribution in [2.24, 2.45) is 0 Å². The fraction of sp³-hybridized carbons (Fsp3) is 0.875. The highest BCUT2D eigenvalue weighted by Crippen LogP contribution is 2.04. The summed E-state index contributed by atoms with van der Waals surface area (Å²) in [5.41, 5.74) is -0.0734. The normalized spacial score (nSPS) is 16.3. The van der Waals surface area contributed by atoms with Crippen LogP contribution in [0.1, 0.15) is 33.6 Å². The second kappa shape index (κ2) is 4.45. The minimum absolute atomic E-state index is 0.0734. The summed E-state index contributed by atoms with van der Waals surface area (Å²) in [5.74, 6) is 0. The standard InChI is InChI=1S/C8H18N2/c1-4-6-10-8(3,5-2)7-9/h7,9-10H,4-6H2,1-3H3. The summed E-state index contributed by atoms with van der Waals surface area (Å²) in [7, 11) is 0. The van der Waals surface area contributed by atoms with Crippen LogP contribution in [0.5, 0.6) is 0 Å². The second-order valence-electron chi connectivity index (χ2n) is 2.84. The third kappa shape index (κ3) is 2.97. The average Bonchev–Trinajstić information content (AvgIpc) is 2.00. The average molecular weight is 142 g/mol. The molecule has 0 aromatic carbocycles. The molecule has 2 N–H and O–H groups in total. The molecule has 0 saturated heterocycles. The van der Waals surface area contributed by atoms with Crippen LogP contribution in [0.15, 0.2) is 0 Å². The molecule has 0 amide bonds. The molecule has 1 unspecified atom stereocenters. The SMILES string of the molecule is CCCNC(C)(C=N)CC. The number of nitrogens with one attached hydrogen (secondary N) is 2. The van der Waals surface area contributed by atoms with Gasteiger partial charge in [0.05, 0.1) is 0 Å². The topological polar surface area (TPSA) is 35.9 Å². The lowest BCUT2D eigenvalue weighted by Crippen LogP contribution is -2.43. The van der Waals surface area contributed by atoms with Crippen molar-refractivity contribution in [3.63, 3.8) is 0 Å². The molecule has 1 atom stereocenters. The molecule has 0 rings (SSSR count). The fourth-order valence-electron chi connectivity index (χ4n) is 0.689. The first kappa shape index (κ1) is 9.63. The summed E-state index contributed by atoms with van der Waals surface area (Å²) in [4.78, 5) is 0. The summed E-state index contributed by atoms with van der Waals surface area (Å²) >= 11 is 0. The van der Waals surface area contributed by atoms with E-state index in [9.17, 15) is 0 Å². The van der Waals surface area contributed by atoms with Gasteiger partial charge in [0.1, 0.15) is 0 Å². The van der Waals surface area contributed by atoms with Crippen LogP contribution in [0.25, 0.3) is 0 Å². The predicted molar refractivity (Wildman–Crippen MR) is 45.8 cm³/mol. The Morgan fingerprint density at radius 2 is 2.10 bits per heavy atom. The molecule has 0 saturated carbocycles. The molecule has 10 heavy (non-hydrogen) atoms. The first-order valence-corrected chi connectivity index (χ1v) is 3.95. The van der Waals surface area contributed by atoms with E-state index in [1.54, 1.807) is 0 Å². The monoisotopic (exact) mass is 142 g/mol. The lowest BCUT2D eigenvalue weighted by atomic mass is 10.0. The van der Waals surface area contributed by atoms with Gasteiger partial charge >= 0.3 is 0 Å². The highest BCUT2D eigenvalue weighted by molar-refractivity contribution is 5.66. The Labute approximate surface area is 63.5 Å². The van der Waals surface area contributed by atoms with E-state index in [0.29, 0.717) is 0 Å². The van der Waals surface area contributed by atoms with Crippen molar-refractivity contribution >= 4 is 6.21 Å². The fourth-order valence-corrected chi connectivity index (χ4v) is 0.689. The zero-order chi connectivity index (χ0) is 8.04. The van der Waals surface area contributed by atoms with Gasteiger partial charge < -0.3 is 10.7 Å². The van der Waals surface area contributed by atoms with E-state index in [-0.39, 0.29) is 5.54 Å². The minimum atomic E-state index is -0.0734. The lowest BCUT2D eigenvalue weighted by Gasteiger charge is -2.23. The molecule has 0 aliphatic heterocycles. The van der Waals surface area contributed by atoms with Gasteiger partial charge in [0, 0.05) is 11.8 Å². The van der Waals surface area contributed by atoms with Crippen LogP contribution in [0.2, 0.25) is 0 Å². The van der Waals surface area contributed by atoms with E-state index in [4.69, 9.17) is 5.41 Å². The molecule has 0 aliphatic rings. The zero-order valence-electron chi connectivity index (χ0n) is 7.20. The molecule has 0 spiro atoms. The van der Waals surface area contributed by atoms with E-state index in [0.717, 1.165) is 19.4 Å². The third-order valence-electron chi connectivity index (χ3n) is 1.83. The highest BCUT2D eigenvalue weighted by Gasteiger charge is 2.15. The van der Waals surface area contributed by atoms with Crippen LogP contribution in [0.4, 0.5) is 0 Å². The Kier molecular flexibility index (Phi) is 4.28. The molecule has 0 heterocycles. The van der Waals surface area contributed by atoms with Crippen LogP contribution in [0.3, 0.4) is 0 Å². The Hall–Kier alpha value is -0.370. The van der Waals surface area contributed by atoms with Crippen molar-refractivity contribution in [1.82, 2.24) is 5.32 Å². The summed E-state index contributed by atoms with van der Waals surface area (Å²) in [5, 5.41) is 10.4. The van der Waals surface area contributed by atoms with E-state index < -0.39 is 0 Å². The molecular weight excluding hydrogens is 124 g/mol. The predicted octanol–water partition coefficient (Wildman–Crippen LogP) is 1.80. The zero-order valence-corrected chi connectivity index (χ0v) is 7.20. The summed E-state index contributed by atoms with van der Waals surface area (Å²) < 4.78 is 0. The highest BCUT2D eigenvalue weighted by atomic mass is 15.0. The minimum Gasteiger partial charge on any atom is -0.311 e. The summed E-state index contributed by atoms with van der Waals surface area (Å²) in [6.07, 6.45) is 3.60. The van der Waals surface area contributed by atoms with Gasteiger partial charge in [-0.3, -0.25) is 0 Å². The smallest absolute Gasteiger partial charge is 0.0500 e. The van der Waals surface area contributed by atoms with E-state index >= 15 is 0 Å². The summed E-state index contributed by atoms with van der Waals surface area (Å²) in [6.45, 7) is 7.27. The Balaban J connectivity index is 3.68. The second-order valence-corrected chi connectivity index (χ2v) is 2.84. The van der Waals surface area contributed by atoms with Crippen LogP contribution < -0.4 is 5.32 Å². The van der Waals surface area contributed by atoms with E-state index in [1.165, 1.54) is 6.21 Å². The molecule has 0 aliphatic carbocycles.